The summed E-state index contributed by atoms with van der Waals surface area (Å²) in [6, 6.07) is 0.753. The van der Waals surface area contributed by atoms with Crippen molar-refractivity contribution in [2.75, 3.05) is 19.5 Å². The fraction of sp³-hybridized carbons (Fsp3) is 0.545. The number of aromatic nitrogens is 4. The third kappa shape index (κ3) is 2.44. The van der Waals surface area contributed by atoms with Gasteiger partial charge in [-0.15, -0.1) is 0 Å². The minimum Gasteiger partial charge on any atom is -0.451 e. The number of nitrogens with zero attached hydrogens (tertiary/aromatic N) is 2. The van der Waals surface area contributed by atoms with Gasteiger partial charge in [0.1, 0.15) is 0 Å². The Morgan fingerprint density at radius 1 is 1.44 bits per heavy atom. The molecule has 0 saturated carbocycles. The summed E-state index contributed by atoms with van der Waals surface area (Å²) in [5.41, 5.74) is 7.01. The maximum absolute atomic E-state index is 5.83. The van der Waals surface area contributed by atoms with Crippen LogP contribution in [0.1, 0.15) is 20.3 Å². The maximum Gasteiger partial charge on any atom is 0.397 e. The van der Waals surface area contributed by atoms with Crippen LogP contribution in [-0.4, -0.2) is 28.7 Å². The smallest absolute Gasteiger partial charge is 0.397 e. The average Bonchev–Trinajstić information content (AvgIpc) is 2.79. The van der Waals surface area contributed by atoms with Crippen LogP contribution in [0.2, 0.25) is 0 Å². The van der Waals surface area contributed by atoms with Crippen LogP contribution < -0.4 is 20.2 Å². The second-order valence-corrected chi connectivity index (χ2v) is 4.22. The maximum atomic E-state index is 5.83. The Morgan fingerprint density at radius 2 is 2.22 bits per heavy atom. The molecule has 18 heavy (non-hydrogen) atoms. The number of hydrogen-bond donors (Lipinski definition) is 2. The van der Waals surface area contributed by atoms with Crippen molar-refractivity contribution in [3.63, 3.8) is 0 Å². The number of imidazole rings is 1. The first-order chi connectivity index (χ1) is 8.63. The van der Waals surface area contributed by atoms with Gasteiger partial charge in [-0.05, 0) is 10.9 Å². The topological polar surface area (TPSA) is 100 Å². The van der Waals surface area contributed by atoms with E-state index in [9.17, 15) is 0 Å². The third-order valence-electron chi connectivity index (χ3n) is 2.78. The summed E-state index contributed by atoms with van der Waals surface area (Å²) in [4.78, 5) is 14.2. The summed E-state index contributed by atoms with van der Waals surface area (Å²) in [7, 11) is 1.55. The molecule has 0 spiro atoms. The molecule has 1 atom stereocenters. The zero-order valence-corrected chi connectivity index (χ0v) is 10.8. The molecule has 0 amide bonds. The Balaban J connectivity index is 2.24. The van der Waals surface area contributed by atoms with Crippen LogP contribution >= 0.6 is 0 Å². The van der Waals surface area contributed by atoms with Gasteiger partial charge in [-0.1, -0.05) is 20.3 Å². The molecule has 2 aromatic heterocycles. The van der Waals surface area contributed by atoms with Crippen LogP contribution in [0.4, 0.5) is 5.82 Å². The van der Waals surface area contributed by atoms with E-state index in [1.165, 1.54) is 0 Å². The molecule has 2 aromatic rings. The van der Waals surface area contributed by atoms with E-state index in [1.807, 2.05) is 0 Å². The molecule has 0 bridgehead atoms. The van der Waals surface area contributed by atoms with Crippen LogP contribution in [-0.2, 0) is 0 Å². The number of H-pyrrole nitrogens is 2. The molecule has 7 heteroatoms. The fourth-order valence-corrected chi connectivity index (χ4v) is 1.42. The monoisotopic (exact) mass is 252 g/mol. The lowest BCUT2D eigenvalue weighted by Crippen LogP contribution is -2.11. The molecular weight excluding hydrogens is 234 g/mol. The molecule has 0 aromatic carbocycles. The Morgan fingerprint density at radius 3 is 2.89 bits per heavy atom. The van der Waals surface area contributed by atoms with E-state index in [2.05, 4.69) is 33.8 Å². The van der Waals surface area contributed by atoms with Crippen molar-refractivity contribution in [1.82, 2.24) is 15.0 Å². The second-order valence-electron chi connectivity index (χ2n) is 4.22. The lowest BCUT2D eigenvalue weighted by atomic mass is 10.1. The molecule has 0 aliphatic rings. The van der Waals surface area contributed by atoms with Gasteiger partial charge in [0.15, 0.2) is 5.82 Å². The minimum absolute atomic E-state index is 0.276. The number of methoxy groups -OCH3 is 1. The molecule has 1 unspecified atom stereocenters. The van der Waals surface area contributed by atoms with Crippen molar-refractivity contribution in [3.05, 3.63) is 0 Å². The van der Waals surface area contributed by atoms with Crippen molar-refractivity contribution >= 4 is 17.0 Å². The van der Waals surface area contributed by atoms with Crippen molar-refractivity contribution in [3.8, 4) is 12.0 Å². The zero-order valence-electron chi connectivity index (χ0n) is 10.8. The van der Waals surface area contributed by atoms with Crippen molar-refractivity contribution in [2.24, 2.45) is 5.92 Å². The molecule has 4 N–H and O–H groups in total. The SMILES string of the molecule is CCC(C)COc1nc(N)c2[nH]c(OC)[nH+]c2n1. The number of ether oxygens (including phenoxy) is 2. The van der Waals surface area contributed by atoms with Gasteiger partial charge >= 0.3 is 17.7 Å². The first-order valence-electron chi connectivity index (χ1n) is 5.89. The normalized spacial score (nSPS) is 12.6. The van der Waals surface area contributed by atoms with Crippen LogP contribution in [0.25, 0.3) is 11.2 Å². The Bertz CT molecular complexity index is 539. The lowest BCUT2D eigenvalue weighted by Gasteiger charge is -2.07. The lowest BCUT2D eigenvalue weighted by molar-refractivity contribution is -0.364. The van der Waals surface area contributed by atoms with Crippen LogP contribution in [0.5, 0.6) is 12.0 Å². The molecule has 0 fully saturated rings. The molecule has 2 heterocycles. The van der Waals surface area contributed by atoms with E-state index in [-0.39, 0.29) is 6.01 Å². The van der Waals surface area contributed by atoms with Gasteiger partial charge in [0.2, 0.25) is 5.52 Å². The van der Waals surface area contributed by atoms with Crippen molar-refractivity contribution < 1.29 is 14.5 Å². The standard InChI is InChI=1S/C11H17N5O2/c1-4-6(2)5-18-11-14-8(12)7-9(16-11)15-10(13-7)17-3/h6H,4-5H2,1-3H3,(H3,12,13,14,15,16)/p+1. The summed E-state index contributed by atoms with van der Waals surface area (Å²) in [6.45, 7) is 4.79. The van der Waals surface area contributed by atoms with E-state index in [4.69, 9.17) is 15.2 Å². The predicted molar refractivity (Wildman–Crippen MR) is 66.4 cm³/mol. The quantitative estimate of drug-likeness (QED) is 0.819. The van der Waals surface area contributed by atoms with Gasteiger partial charge in [0.25, 0.3) is 0 Å². The zero-order chi connectivity index (χ0) is 13.1. The molecule has 0 aliphatic heterocycles. The highest BCUT2D eigenvalue weighted by atomic mass is 16.5. The van der Waals surface area contributed by atoms with Gasteiger partial charge in [0, 0.05) is 0 Å². The number of anilines is 1. The first-order valence-corrected chi connectivity index (χ1v) is 5.89. The van der Waals surface area contributed by atoms with Crippen LogP contribution in [0.3, 0.4) is 0 Å². The largest absolute Gasteiger partial charge is 0.451 e. The van der Waals surface area contributed by atoms with E-state index in [1.54, 1.807) is 7.11 Å². The molecule has 98 valence electrons. The molecule has 0 saturated heterocycles. The van der Waals surface area contributed by atoms with Crippen LogP contribution in [0, 0.1) is 5.92 Å². The van der Waals surface area contributed by atoms with Crippen LogP contribution in [0.15, 0.2) is 0 Å². The van der Waals surface area contributed by atoms with Gasteiger partial charge in [-0.3, -0.25) is 0 Å². The van der Waals surface area contributed by atoms with Crippen molar-refractivity contribution in [1.29, 1.82) is 0 Å². The minimum atomic E-state index is 0.276. The highest BCUT2D eigenvalue weighted by Crippen LogP contribution is 2.18. The Labute approximate surface area is 105 Å². The molecule has 2 rings (SSSR count). The number of nitrogen functional groups attached to an aromatic ring is 1. The molecule has 0 aliphatic carbocycles. The summed E-state index contributed by atoms with van der Waals surface area (Å²) in [5, 5.41) is 0. The molecule has 7 nitrogen and oxygen atoms in total. The molecule has 0 radical (unpaired) electrons. The number of fused-ring (bicyclic) bond motifs is 1. The fourth-order valence-electron chi connectivity index (χ4n) is 1.42. The number of rotatable bonds is 5. The predicted octanol–water partition coefficient (Wildman–Crippen LogP) is 0.788. The van der Waals surface area contributed by atoms with Gasteiger partial charge in [-0.25, -0.2) is 9.97 Å². The summed E-state index contributed by atoms with van der Waals surface area (Å²) in [6.07, 6.45) is 1.04. The molecular formula is C11H18N5O2+. The van der Waals surface area contributed by atoms with E-state index >= 15 is 0 Å². The number of nitrogens with one attached hydrogen (secondary N) is 2. The summed E-state index contributed by atoms with van der Waals surface area (Å²) >= 11 is 0. The Hall–Kier alpha value is -2.05. The number of aromatic amines is 2. The number of nitrogens with two attached hydrogens (primary N) is 1. The summed E-state index contributed by atoms with van der Waals surface area (Å²) < 4.78 is 10.5. The number of hydrogen-bond acceptors (Lipinski definition) is 5. The van der Waals surface area contributed by atoms with Crippen molar-refractivity contribution in [2.45, 2.75) is 20.3 Å². The summed E-state index contributed by atoms with van der Waals surface area (Å²) in [5.74, 6) is 0.786. The van der Waals surface area contributed by atoms with E-state index in [0.717, 1.165) is 6.42 Å². The Kier molecular flexibility index (Phi) is 3.50. The second kappa shape index (κ2) is 5.07. The van der Waals surface area contributed by atoms with Gasteiger partial charge in [-0.2, -0.15) is 4.98 Å². The van der Waals surface area contributed by atoms with E-state index < -0.39 is 0 Å². The first kappa shape index (κ1) is 12.4. The van der Waals surface area contributed by atoms with E-state index in [0.29, 0.717) is 35.5 Å². The average molecular weight is 252 g/mol. The third-order valence-corrected chi connectivity index (χ3v) is 2.78. The van der Waals surface area contributed by atoms with Gasteiger partial charge in [0.05, 0.1) is 13.7 Å². The van der Waals surface area contributed by atoms with Gasteiger partial charge < -0.3 is 15.2 Å². The highest BCUT2D eigenvalue weighted by Gasteiger charge is 2.18. The highest BCUT2D eigenvalue weighted by molar-refractivity contribution is 5.79.